The van der Waals surface area contributed by atoms with Gasteiger partial charge in [0.2, 0.25) is 11.8 Å². The number of carbonyl (C=O) groups is 3. The zero-order valence-corrected chi connectivity index (χ0v) is 19.2. The number of methoxy groups -OCH3 is 2. The van der Waals surface area contributed by atoms with Crippen LogP contribution in [0.2, 0.25) is 0 Å². The Morgan fingerprint density at radius 2 is 2.03 bits per heavy atom. The van der Waals surface area contributed by atoms with Crippen molar-refractivity contribution in [3.8, 4) is 5.88 Å². The number of rotatable bonds is 8. The number of hydrogen-bond acceptors (Lipinski definition) is 7. The number of alkyl carbamates (subject to hydrolysis) is 1. The van der Waals surface area contributed by atoms with Crippen molar-refractivity contribution in [2.24, 2.45) is 5.41 Å². The summed E-state index contributed by atoms with van der Waals surface area (Å²) in [5.74, 6) is -0.354. The van der Waals surface area contributed by atoms with Gasteiger partial charge in [0.25, 0.3) is 0 Å². The van der Waals surface area contributed by atoms with Crippen molar-refractivity contribution in [1.82, 2.24) is 15.2 Å². The molecule has 2 amide bonds. The van der Waals surface area contributed by atoms with Crippen molar-refractivity contribution in [3.05, 3.63) is 22.8 Å². The largest absolute Gasteiger partial charge is 0.478 e. The zero-order valence-electron chi connectivity index (χ0n) is 17.6. The Hall–Kier alpha value is -2.36. The maximum atomic E-state index is 13.3. The highest BCUT2D eigenvalue weighted by Gasteiger charge is 2.44. The summed E-state index contributed by atoms with van der Waals surface area (Å²) in [7, 11) is 2.53. The molecule has 2 heterocycles. The van der Waals surface area contributed by atoms with E-state index in [1.54, 1.807) is 12.1 Å². The van der Waals surface area contributed by atoms with E-state index in [9.17, 15) is 14.4 Å². The molecule has 0 radical (unpaired) electrons. The lowest BCUT2D eigenvalue weighted by Gasteiger charge is -2.37. The van der Waals surface area contributed by atoms with Crippen LogP contribution in [0.15, 0.2) is 22.8 Å². The molecule has 2 unspecified atom stereocenters. The second kappa shape index (κ2) is 10.6. The second-order valence-corrected chi connectivity index (χ2v) is 8.48. The van der Waals surface area contributed by atoms with Gasteiger partial charge in [-0.05, 0) is 46.7 Å². The predicted molar refractivity (Wildman–Crippen MR) is 112 cm³/mol. The number of likely N-dealkylation sites (tertiary alicyclic amines) is 1. The first-order valence-electron chi connectivity index (χ1n) is 9.67. The van der Waals surface area contributed by atoms with Crippen molar-refractivity contribution in [3.63, 3.8) is 0 Å². The van der Waals surface area contributed by atoms with E-state index in [0.717, 1.165) is 0 Å². The molecule has 1 aliphatic rings. The third-order valence-corrected chi connectivity index (χ3v) is 5.61. The maximum Gasteiger partial charge on any atom is 0.407 e. The molecule has 1 N–H and O–H groups in total. The van der Waals surface area contributed by atoms with E-state index in [0.29, 0.717) is 36.3 Å². The lowest BCUT2D eigenvalue weighted by molar-refractivity contribution is -0.152. The Morgan fingerprint density at radius 3 is 2.67 bits per heavy atom. The summed E-state index contributed by atoms with van der Waals surface area (Å²) in [6.45, 7) is 4.41. The average Bonchev–Trinajstić information content (AvgIpc) is 3.20. The van der Waals surface area contributed by atoms with Crippen LogP contribution in [0, 0.1) is 5.41 Å². The van der Waals surface area contributed by atoms with Gasteiger partial charge >= 0.3 is 12.1 Å². The van der Waals surface area contributed by atoms with Crippen LogP contribution in [-0.4, -0.2) is 67.3 Å². The lowest BCUT2D eigenvalue weighted by atomic mass is 9.80. The summed E-state index contributed by atoms with van der Waals surface area (Å²) in [5, 5.41) is 2.64. The molecule has 1 aliphatic heterocycles. The van der Waals surface area contributed by atoms with Gasteiger partial charge in [-0.1, -0.05) is 19.9 Å². The second-order valence-electron chi connectivity index (χ2n) is 7.67. The lowest BCUT2D eigenvalue weighted by Crippen LogP contribution is -2.57. The van der Waals surface area contributed by atoms with Gasteiger partial charge in [-0.2, -0.15) is 0 Å². The van der Waals surface area contributed by atoms with Crippen molar-refractivity contribution >= 4 is 33.9 Å². The highest BCUT2D eigenvalue weighted by Crippen LogP contribution is 2.30. The fourth-order valence-electron chi connectivity index (χ4n) is 3.38. The standard InChI is InChI=1S/C20H28BrN3O6/c1-20(2,10-12-30-15-9-5-8-14(21)22-15)16(23-19(27)29-4)17(25)24-11-6-7-13(24)18(26)28-3/h5,8-9,13,16H,6-7,10-12H2,1-4H3,(H,23,27). The van der Waals surface area contributed by atoms with Gasteiger partial charge in [-0.15, -0.1) is 0 Å². The Labute approximate surface area is 184 Å². The van der Waals surface area contributed by atoms with Gasteiger partial charge in [0.1, 0.15) is 16.7 Å². The fourth-order valence-corrected chi connectivity index (χ4v) is 3.71. The van der Waals surface area contributed by atoms with E-state index in [1.165, 1.54) is 19.1 Å². The number of esters is 1. The SMILES string of the molecule is COC(=O)NC(C(=O)N1CCCC1C(=O)OC)C(C)(C)CCOc1cccc(Br)n1. The molecular formula is C20H28BrN3O6. The molecule has 0 aliphatic carbocycles. The van der Waals surface area contributed by atoms with E-state index in [1.807, 2.05) is 19.9 Å². The van der Waals surface area contributed by atoms with Crippen LogP contribution < -0.4 is 10.1 Å². The number of pyridine rings is 1. The third-order valence-electron chi connectivity index (χ3n) is 5.17. The van der Waals surface area contributed by atoms with Gasteiger partial charge in [0.15, 0.2) is 0 Å². The number of aromatic nitrogens is 1. The summed E-state index contributed by atoms with van der Waals surface area (Å²) < 4.78 is 15.9. The van der Waals surface area contributed by atoms with Crippen LogP contribution in [0.1, 0.15) is 33.1 Å². The van der Waals surface area contributed by atoms with Crippen LogP contribution in [-0.2, 0) is 19.1 Å². The number of hydrogen-bond donors (Lipinski definition) is 1. The Morgan fingerprint density at radius 1 is 1.30 bits per heavy atom. The molecule has 2 rings (SSSR count). The van der Waals surface area contributed by atoms with Gasteiger partial charge in [0.05, 0.1) is 20.8 Å². The van der Waals surface area contributed by atoms with E-state index in [4.69, 9.17) is 14.2 Å². The molecule has 1 saturated heterocycles. The molecular weight excluding hydrogens is 458 g/mol. The summed E-state index contributed by atoms with van der Waals surface area (Å²) in [4.78, 5) is 43.1. The number of ether oxygens (including phenoxy) is 3. The summed E-state index contributed by atoms with van der Waals surface area (Å²) >= 11 is 3.29. The first-order valence-corrected chi connectivity index (χ1v) is 10.5. The van der Waals surface area contributed by atoms with E-state index in [-0.39, 0.29) is 12.5 Å². The molecule has 0 aromatic carbocycles. The number of nitrogens with one attached hydrogen (secondary N) is 1. The first-order chi connectivity index (χ1) is 14.2. The van der Waals surface area contributed by atoms with E-state index >= 15 is 0 Å². The van der Waals surface area contributed by atoms with E-state index < -0.39 is 29.6 Å². The normalized spacial score (nSPS) is 17.2. The van der Waals surface area contributed by atoms with E-state index in [2.05, 4.69) is 26.2 Å². The van der Waals surface area contributed by atoms with Crippen LogP contribution in [0.3, 0.4) is 0 Å². The molecule has 166 valence electrons. The quantitative estimate of drug-likeness (QED) is 0.445. The minimum absolute atomic E-state index is 0.281. The highest BCUT2D eigenvalue weighted by molar-refractivity contribution is 9.10. The molecule has 1 aromatic heterocycles. The van der Waals surface area contributed by atoms with Crippen molar-refractivity contribution in [1.29, 1.82) is 0 Å². The van der Waals surface area contributed by atoms with Crippen LogP contribution in [0.5, 0.6) is 5.88 Å². The Balaban J connectivity index is 2.13. The monoisotopic (exact) mass is 485 g/mol. The van der Waals surface area contributed by atoms with Crippen LogP contribution in [0.25, 0.3) is 0 Å². The van der Waals surface area contributed by atoms with Crippen molar-refractivity contribution in [2.45, 2.75) is 45.2 Å². The number of nitrogens with zero attached hydrogens (tertiary/aromatic N) is 2. The molecule has 30 heavy (non-hydrogen) atoms. The molecule has 2 atom stereocenters. The Bertz CT molecular complexity index is 773. The van der Waals surface area contributed by atoms with Gasteiger partial charge in [0, 0.05) is 12.6 Å². The molecule has 0 saturated carbocycles. The minimum atomic E-state index is -0.908. The maximum absolute atomic E-state index is 13.3. The van der Waals surface area contributed by atoms with Gasteiger partial charge in [-0.3, -0.25) is 4.79 Å². The summed E-state index contributed by atoms with van der Waals surface area (Å²) in [6, 6.07) is 3.78. The van der Waals surface area contributed by atoms with Gasteiger partial charge in [-0.25, -0.2) is 14.6 Å². The summed E-state index contributed by atoms with van der Waals surface area (Å²) in [5.41, 5.74) is -0.694. The van der Waals surface area contributed by atoms with Crippen LogP contribution in [0.4, 0.5) is 4.79 Å². The molecule has 0 spiro atoms. The number of carbonyl (C=O) groups excluding carboxylic acids is 3. The highest BCUT2D eigenvalue weighted by atomic mass is 79.9. The van der Waals surface area contributed by atoms with Crippen LogP contribution >= 0.6 is 15.9 Å². The topological polar surface area (TPSA) is 107 Å². The summed E-state index contributed by atoms with van der Waals surface area (Å²) in [6.07, 6.45) is 0.943. The zero-order chi connectivity index (χ0) is 22.3. The molecule has 9 nitrogen and oxygen atoms in total. The fraction of sp³-hybridized carbons (Fsp3) is 0.600. The smallest absolute Gasteiger partial charge is 0.407 e. The average molecular weight is 486 g/mol. The third kappa shape index (κ3) is 6.07. The molecule has 0 bridgehead atoms. The number of halogens is 1. The predicted octanol–water partition coefficient (Wildman–Crippen LogP) is 2.53. The molecule has 10 heteroatoms. The Kier molecular flexibility index (Phi) is 8.45. The van der Waals surface area contributed by atoms with Gasteiger partial charge < -0.3 is 24.4 Å². The minimum Gasteiger partial charge on any atom is -0.478 e. The molecule has 1 aromatic rings. The van der Waals surface area contributed by atoms with Crippen molar-refractivity contribution in [2.75, 3.05) is 27.4 Å². The first kappa shape index (κ1) is 23.9. The number of amides is 2. The van der Waals surface area contributed by atoms with Crippen molar-refractivity contribution < 1.29 is 28.6 Å². The molecule has 1 fully saturated rings.